The topological polar surface area (TPSA) is 48.8 Å². The van der Waals surface area contributed by atoms with Gasteiger partial charge in [-0.1, -0.05) is 30.3 Å². The van der Waals surface area contributed by atoms with E-state index in [2.05, 4.69) is 39.8 Å². The van der Waals surface area contributed by atoms with Crippen LogP contribution in [-0.2, 0) is 11.2 Å². The number of thiocarbonyl (C=S) groups is 1. The molecule has 1 aromatic carbocycles. The van der Waals surface area contributed by atoms with Gasteiger partial charge >= 0.3 is 0 Å². The molecule has 1 saturated heterocycles. The van der Waals surface area contributed by atoms with Gasteiger partial charge in [0.15, 0.2) is 11.7 Å². The maximum Gasteiger partial charge on any atom is 0.275 e. The van der Waals surface area contributed by atoms with Crippen molar-refractivity contribution < 1.29 is 9.69 Å². The smallest absolute Gasteiger partial charge is 0.275 e. The maximum absolute atomic E-state index is 11.9. The van der Waals surface area contributed by atoms with Crippen LogP contribution in [0.3, 0.4) is 0 Å². The van der Waals surface area contributed by atoms with Crippen molar-refractivity contribution in [3.8, 4) is 0 Å². The molecule has 5 nitrogen and oxygen atoms in total. The van der Waals surface area contributed by atoms with Gasteiger partial charge in [-0.3, -0.25) is 4.79 Å². The number of carbonyl (C=O) groups is 1. The molecule has 3 N–H and O–H groups in total. The number of quaternary nitrogens is 1. The summed E-state index contributed by atoms with van der Waals surface area (Å²) in [5, 5.41) is 7.27. The van der Waals surface area contributed by atoms with E-state index in [9.17, 15) is 4.79 Å². The Balaban J connectivity index is 1.31. The van der Waals surface area contributed by atoms with Crippen molar-refractivity contribution in [2.45, 2.75) is 25.3 Å². The second-order valence-corrected chi connectivity index (χ2v) is 7.11. The largest absolute Gasteiger partial charge is 0.362 e. The highest BCUT2D eigenvalue weighted by Crippen LogP contribution is 2.17. The Morgan fingerprint density at radius 1 is 1.21 bits per heavy atom. The summed E-state index contributed by atoms with van der Waals surface area (Å²) in [6.45, 7) is 5.24. The molecule has 2 aliphatic rings. The molecule has 0 aromatic heterocycles. The van der Waals surface area contributed by atoms with E-state index in [1.807, 2.05) is 6.07 Å². The van der Waals surface area contributed by atoms with Gasteiger partial charge < -0.3 is 20.4 Å². The average Bonchev–Trinajstić information content (AvgIpc) is 3.40. The van der Waals surface area contributed by atoms with Gasteiger partial charge in [0, 0.05) is 12.6 Å². The number of rotatable bonds is 6. The molecule has 130 valence electrons. The van der Waals surface area contributed by atoms with Crippen LogP contribution in [0.1, 0.15) is 18.4 Å². The number of benzene rings is 1. The molecule has 1 aromatic rings. The van der Waals surface area contributed by atoms with E-state index in [0.717, 1.165) is 57.1 Å². The molecule has 1 saturated carbocycles. The Bertz CT molecular complexity index is 553. The monoisotopic (exact) mass is 347 g/mol. The molecule has 1 aliphatic carbocycles. The average molecular weight is 348 g/mol. The van der Waals surface area contributed by atoms with E-state index >= 15 is 0 Å². The van der Waals surface area contributed by atoms with Crippen molar-refractivity contribution in [3.05, 3.63) is 35.9 Å². The highest BCUT2D eigenvalue weighted by Gasteiger charge is 2.27. The SMILES string of the molecule is O=C(C[NH+]1CCN(C(=S)NCCc2ccccc2)CC1)NC1CC1. The zero-order valence-corrected chi connectivity index (χ0v) is 14.9. The molecule has 1 amide bonds. The van der Waals surface area contributed by atoms with Crippen molar-refractivity contribution in [2.75, 3.05) is 39.3 Å². The summed E-state index contributed by atoms with van der Waals surface area (Å²) < 4.78 is 0. The summed E-state index contributed by atoms with van der Waals surface area (Å²) in [6, 6.07) is 10.9. The lowest BCUT2D eigenvalue weighted by Crippen LogP contribution is -3.16. The molecular formula is C18H27N4OS+. The van der Waals surface area contributed by atoms with Gasteiger partial charge in [-0.15, -0.1) is 0 Å². The molecule has 6 heteroatoms. The van der Waals surface area contributed by atoms with E-state index in [0.29, 0.717) is 12.6 Å². The van der Waals surface area contributed by atoms with Crippen LogP contribution in [0.5, 0.6) is 0 Å². The van der Waals surface area contributed by atoms with E-state index in [-0.39, 0.29) is 5.91 Å². The first kappa shape index (κ1) is 17.2. The van der Waals surface area contributed by atoms with E-state index in [4.69, 9.17) is 12.2 Å². The molecule has 2 fully saturated rings. The van der Waals surface area contributed by atoms with Crippen molar-refractivity contribution in [3.63, 3.8) is 0 Å². The molecule has 0 unspecified atom stereocenters. The fourth-order valence-electron chi connectivity index (χ4n) is 3.01. The molecule has 1 heterocycles. The summed E-state index contributed by atoms with van der Waals surface area (Å²) in [5.74, 6) is 0.199. The van der Waals surface area contributed by atoms with Gasteiger partial charge in [-0.2, -0.15) is 0 Å². The van der Waals surface area contributed by atoms with Gasteiger partial charge in [0.1, 0.15) is 0 Å². The number of nitrogens with zero attached hydrogens (tertiary/aromatic N) is 1. The molecule has 0 atom stereocenters. The minimum Gasteiger partial charge on any atom is -0.362 e. The number of hydrogen-bond donors (Lipinski definition) is 3. The number of piperazine rings is 1. The first-order valence-corrected chi connectivity index (χ1v) is 9.31. The molecule has 1 aliphatic heterocycles. The van der Waals surface area contributed by atoms with Crippen molar-refractivity contribution in [1.82, 2.24) is 15.5 Å². The van der Waals surface area contributed by atoms with Crippen molar-refractivity contribution in [2.24, 2.45) is 0 Å². The summed E-state index contributed by atoms with van der Waals surface area (Å²) in [5.41, 5.74) is 1.32. The van der Waals surface area contributed by atoms with Crippen LogP contribution in [0.25, 0.3) is 0 Å². The molecule has 24 heavy (non-hydrogen) atoms. The summed E-state index contributed by atoms with van der Waals surface area (Å²) in [7, 11) is 0. The number of amides is 1. The predicted octanol–water partition coefficient (Wildman–Crippen LogP) is -0.417. The zero-order valence-electron chi connectivity index (χ0n) is 14.1. The lowest BCUT2D eigenvalue weighted by molar-refractivity contribution is -0.895. The van der Waals surface area contributed by atoms with Crippen molar-refractivity contribution in [1.29, 1.82) is 0 Å². The van der Waals surface area contributed by atoms with Crippen LogP contribution < -0.4 is 15.5 Å². The van der Waals surface area contributed by atoms with Crippen molar-refractivity contribution >= 4 is 23.2 Å². The minimum absolute atomic E-state index is 0.199. The molecule has 0 radical (unpaired) electrons. The van der Waals surface area contributed by atoms with Crippen LogP contribution >= 0.6 is 12.2 Å². The van der Waals surface area contributed by atoms with Gasteiger partial charge in [-0.05, 0) is 37.0 Å². The fourth-order valence-corrected chi connectivity index (χ4v) is 3.29. The van der Waals surface area contributed by atoms with Gasteiger partial charge in [0.05, 0.1) is 26.2 Å². The fraction of sp³-hybridized carbons (Fsp3) is 0.556. The lowest BCUT2D eigenvalue weighted by Gasteiger charge is -2.33. The third kappa shape index (κ3) is 5.46. The van der Waals surface area contributed by atoms with Crippen LogP contribution in [0.4, 0.5) is 0 Å². The van der Waals surface area contributed by atoms with Crippen LogP contribution in [0.15, 0.2) is 30.3 Å². The number of hydrogen-bond acceptors (Lipinski definition) is 2. The Morgan fingerprint density at radius 2 is 1.92 bits per heavy atom. The Labute approximate surface area is 149 Å². The Kier molecular flexibility index (Phi) is 6.04. The first-order valence-electron chi connectivity index (χ1n) is 8.90. The zero-order chi connectivity index (χ0) is 16.8. The second kappa shape index (κ2) is 8.44. The first-order chi connectivity index (χ1) is 11.7. The van der Waals surface area contributed by atoms with Gasteiger partial charge in [0.2, 0.25) is 0 Å². The molecule has 0 spiro atoms. The van der Waals surface area contributed by atoms with Crippen LogP contribution in [0.2, 0.25) is 0 Å². The van der Waals surface area contributed by atoms with Gasteiger partial charge in [0.25, 0.3) is 5.91 Å². The highest BCUT2D eigenvalue weighted by molar-refractivity contribution is 7.80. The second-order valence-electron chi connectivity index (χ2n) is 6.72. The highest BCUT2D eigenvalue weighted by atomic mass is 32.1. The predicted molar refractivity (Wildman–Crippen MR) is 99.0 cm³/mol. The quantitative estimate of drug-likeness (QED) is 0.612. The van der Waals surface area contributed by atoms with E-state index in [1.165, 1.54) is 10.5 Å². The summed E-state index contributed by atoms with van der Waals surface area (Å²) >= 11 is 5.51. The minimum atomic E-state index is 0.199. The lowest BCUT2D eigenvalue weighted by atomic mass is 10.1. The normalized spacial score (nSPS) is 18.2. The van der Waals surface area contributed by atoms with Crippen LogP contribution in [0, 0.1) is 0 Å². The van der Waals surface area contributed by atoms with E-state index < -0.39 is 0 Å². The standard InChI is InChI=1S/C18H26N4OS/c23-17(20-16-6-7-16)14-21-10-12-22(13-11-21)18(24)19-9-8-15-4-2-1-3-5-15/h1-5,16H,6-14H2,(H,19,24)(H,20,23)/p+1. The third-order valence-corrected chi connectivity index (χ3v) is 5.05. The Hall–Kier alpha value is -1.66. The molecule has 0 bridgehead atoms. The Morgan fingerprint density at radius 3 is 2.58 bits per heavy atom. The molecular weight excluding hydrogens is 320 g/mol. The number of nitrogens with one attached hydrogen (secondary N) is 3. The summed E-state index contributed by atoms with van der Waals surface area (Å²) in [4.78, 5) is 15.5. The maximum atomic E-state index is 11.9. The molecule has 3 rings (SSSR count). The number of carbonyl (C=O) groups excluding carboxylic acids is 1. The van der Waals surface area contributed by atoms with Gasteiger partial charge in [-0.25, -0.2) is 0 Å². The van der Waals surface area contributed by atoms with Crippen LogP contribution in [-0.4, -0.2) is 61.2 Å². The third-order valence-electron chi connectivity index (χ3n) is 4.64. The summed E-state index contributed by atoms with van der Waals surface area (Å²) in [6.07, 6.45) is 3.28. The van der Waals surface area contributed by atoms with E-state index in [1.54, 1.807) is 0 Å².